The first-order valence-corrected chi connectivity index (χ1v) is 7.76. The van der Waals surface area contributed by atoms with E-state index in [2.05, 4.69) is 33.6 Å². The van der Waals surface area contributed by atoms with E-state index in [1.807, 2.05) is 12.4 Å². The molecule has 0 bridgehead atoms. The quantitative estimate of drug-likeness (QED) is 0.849. The minimum atomic E-state index is 0.210. The van der Waals surface area contributed by atoms with E-state index in [9.17, 15) is 0 Å². The van der Waals surface area contributed by atoms with Gasteiger partial charge < -0.3 is 10.6 Å². The van der Waals surface area contributed by atoms with E-state index in [1.165, 1.54) is 13.0 Å². The Morgan fingerprint density at radius 3 is 2.35 bits per heavy atom. The van der Waals surface area contributed by atoms with Crippen LogP contribution >= 0.6 is 0 Å². The molecule has 5 heteroatoms. The van der Waals surface area contributed by atoms with Gasteiger partial charge in [-0.15, -0.1) is 0 Å². The molecule has 1 unspecified atom stereocenters. The van der Waals surface area contributed by atoms with E-state index in [-0.39, 0.29) is 6.04 Å². The third-order valence-electron chi connectivity index (χ3n) is 3.91. The summed E-state index contributed by atoms with van der Waals surface area (Å²) in [5.74, 6) is 0.856. The van der Waals surface area contributed by atoms with Crippen molar-refractivity contribution in [3.05, 3.63) is 18.0 Å². The third-order valence-corrected chi connectivity index (χ3v) is 3.91. The Bertz CT molecular complexity index is 384. The molecule has 2 rings (SSSR count). The van der Waals surface area contributed by atoms with Gasteiger partial charge in [0.15, 0.2) is 0 Å². The monoisotopic (exact) mass is 277 g/mol. The smallest absolute Gasteiger partial charge is 0.225 e. The highest BCUT2D eigenvalue weighted by Crippen LogP contribution is 2.12. The lowest BCUT2D eigenvalue weighted by molar-refractivity contribution is 0.257. The maximum atomic E-state index is 5.96. The molecule has 112 valence electrons. The highest BCUT2D eigenvalue weighted by molar-refractivity contribution is 5.30. The SMILES string of the molecule is CCCN1CCN(c2ncc(CC(N)CC)cn2)CC1. The van der Waals surface area contributed by atoms with Crippen LogP contribution in [0.3, 0.4) is 0 Å². The van der Waals surface area contributed by atoms with Gasteiger partial charge >= 0.3 is 0 Å². The number of hydrogen-bond acceptors (Lipinski definition) is 5. The number of rotatable bonds is 6. The molecule has 1 atom stereocenters. The van der Waals surface area contributed by atoms with Gasteiger partial charge in [0.05, 0.1) is 0 Å². The van der Waals surface area contributed by atoms with Crippen LogP contribution in [0.4, 0.5) is 5.95 Å². The summed E-state index contributed by atoms with van der Waals surface area (Å²) in [6.07, 6.45) is 6.93. The molecule has 0 spiro atoms. The van der Waals surface area contributed by atoms with Crippen LogP contribution in [-0.4, -0.2) is 53.6 Å². The number of aromatic nitrogens is 2. The average Bonchev–Trinajstić information content (AvgIpc) is 2.49. The highest BCUT2D eigenvalue weighted by atomic mass is 15.3. The van der Waals surface area contributed by atoms with Crippen LogP contribution in [0.1, 0.15) is 32.3 Å². The molecule has 2 heterocycles. The van der Waals surface area contributed by atoms with Crippen LogP contribution in [-0.2, 0) is 6.42 Å². The lowest BCUT2D eigenvalue weighted by Gasteiger charge is -2.34. The standard InChI is InChI=1S/C15H27N5/c1-3-5-19-6-8-20(9-7-19)15-17-11-13(12-18-15)10-14(16)4-2/h11-12,14H,3-10,16H2,1-2H3. The molecule has 1 aliphatic rings. The minimum Gasteiger partial charge on any atom is -0.338 e. The van der Waals surface area contributed by atoms with Crippen molar-refractivity contribution in [2.24, 2.45) is 5.73 Å². The number of anilines is 1. The van der Waals surface area contributed by atoms with Crippen molar-refractivity contribution >= 4 is 5.95 Å². The Labute approximate surface area is 122 Å². The van der Waals surface area contributed by atoms with Crippen LogP contribution in [0.2, 0.25) is 0 Å². The van der Waals surface area contributed by atoms with Gasteiger partial charge in [-0.1, -0.05) is 13.8 Å². The summed E-state index contributed by atoms with van der Waals surface area (Å²) in [6, 6.07) is 0.210. The summed E-state index contributed by atoms with van der Waals surface area (Å²) in [6.45, 7) is 9.80. The second-order valence-corrected chi connectivity index (χ2v) is 5.59. The van der Waals surface area contributed by atoms with Gasteiger partial charge in [0.2, 0.25) is 5.95 Å². The molecule has 0 aromatic carbocycles. The Morgan fingerprint density at radius 2 is 1.80 bits per heavy atom. The zero-order valence-electron chi connectivity index (χ0n) is 12.8. The predicted molar refractivity (Wildman–Crippen MR) is 82.9 cm³/mol. The van der Waals surface area contributed by atoms with Gasteiger partial charge in [0.25, 0.3) is 0 Å². The molecule has 1 saturated heterocycles. The zero-order valence-corrected chi connectivity index (χ0v) is 12.8. The Morgan fingerprint density at radius 1 is 1.15 bits per heavy atom. The highest BCUT2D eigenvalue weighted by Gasteiger charge is 2.18. The number of piperazine rings is 1. The molecule has 0 aliphatic carbocycles. The second kappa shape index (κ2) is 7.55. The summed E-state index contributed by atoms with van der Waals surface area (Å²) >= 11 is 0. The summed E-state index contributed by atoms with van der Waals surface area (Å²) in [5.41, 5.74) is 7.09. The third kappa shape index (κ3) is 4.15. The zero-order chi connectivity index (χ0) is 14.4. The molecular weight excluding hydrogens is 250 g/mol. The Kier molecular flexibility index (Phi) is 5.73. The molecule has 1 fully saturated rings. The Balaban J connectivity index is 1.87. The molecule has 20 heavy (non-hydrogen) atoms. The van der Waals surface area contributed by atoms with Gasteiger partial charge in [-0.3, -0.25) is 4.90 Å². The van der Waals surface area contributed by atoms with Crippen LogP contribution in [0.5, 0.6) is 0 Å². The molecule has 1 aliphatic heterocycles. The topological polar surface area (TPSA) is 58.3 Å². The van der Waals surface area contributed by atoms with Crippen molar-refractivity contribution in [1.29, 1.82) is 0 Å². The fourth-order valence-corrected chi connectivity index (χ4v) is 2.55. The van der Waals surface area contributed by atoms with E-state index < -0.39 is 0 Å². The van der Waals surface area contributed by atoms with E-state index in [0.717, 1.165) is 50.5 Å². The van der Waals surface area contributed by atoms with E-state index in [4.69, 9.17) is 5.73 Å². The van der Waals surface area contributed by atoms with Crippen molar-refractivity contribution in [2.75, 3.05) is 37.6 Å². The number of nitrogens with two attached hydrogens (primary N) is 1. The molecule has 0 amide bonds. The summed E-state index contributed by atoms with van der Waals surface area (Å²) in [4.78, 5) is 13.8. The fraction of sp³-hybridized carbons (Fsp3) is 0.733. The number of hydrogen-bond donors (Lipinski definition) is 1. The second-order valence-electron chi connectivity index (χ2n) is 5.59. The van der Waals surface area contributed by atoms with Crippen LogP contribution in [0.15, 0.2) is 12.4 Å². The molecule has 5 nitrogen and oxygen atoms in total. The molecule has 0 saturated carbocycles. The fourth-order valence-electron chi connectivity index (χ4n) is 2.55. The van der Waals surface area contributed by atoms with Crippen molar-refractivity contribution in [1.82, 2.24) is 14.9 Å². The van der Waals surface area contributed by atoms with Gasteiger partial charge in [0.1, 0.15) is 0 Å². The van der Waals surface area contributed by atoms with Crippen molar-refractivity contribution in [3.63, 3.8) is 0 Å². The van der Waals surface area contributed by atoms with Crippen LogP contribution in [0.25, 0.3) is 0 Å². The van der Waals surface area contributed by atoms with Crippen LogP contribution < -0.4 is 10.6 Å². The van der Waals surface area contributed by atoms with Crippen molar-refractivity contribution in [3.8, 4) is 0 Å². The molecular formula is C15H27N5. The first kappa shape index (κ1) is 15.2. The summed E-state index contributed by atoms with van der Waals surface area (Å²) in [7, 11) is 0. The minimum absolute atomic E-state index is 0.210. The molecule has 1 aromatic rings. The molecule has 0 radical (unpaired) electrons. The molecule has 2 N–H and O–H groups in total. The lowest BCUT2D eigenvalue weighted by atomic mass is 10.1. The van der Waals surface area contributed by atoms with Gasteiger partial charge in [-0.2, -0.15) is 0 Å². The van der Waals surface area contributed by atoms with Crippen LogP contribution in [0, 0.1) is 0 Å². The lowest BCUT2D eigenvalue weighted by Crippen LogP contribution is -2.47. The van der Waals surface area contributed by atoms with Gasteiger partial charge in [-0.25, -0.2) is 9.97 Å². The number of nitrogens with zero attached hydrogens (tertiary/aromatic N) is 4. The van der Waals surface area contributed by atoms with E-state index in [0.29, 0.717) is 0 Å². The van der Waals surface area contributed by atoms with E-state index >= 15 is 0 Å². The first-order chi connectivity index (χ1) is 9.72. The predicted octanol–water partition coefficient (Wildman–Crippen LogP) is 1.29. The maximum Gasteiger partial charge on any atom is 0.225 e. The summed E-state index contributed by atoms with van der Waals surface area (Å²) in [5, 5.41) is 0. The first-order valence-electron chi connectivity index (χ1n) is 7.76. The Hall–Kier alpha value is -1.20. The van der Waals surface area contributed by atoms with Crippen molar-refractivity contribution in [2.45, 2.75) is 39.2 Å². The normalized spacial score (nSPS) is 18.2. The summed E-state index contributed by atoms with van der Waals surface area (Å²) < 4.78 is 0. The van der Waals surface area contributed by atoms with Crippen molar-refractivity contribution < 1.29 is 0 Å². The maximum absolute atomic E-state index is 5.96. The average molecular weight is 277 g/mol. The van der Waals surface area contributed by atoms with Gasteiger partial charge in [-0.05, 0) is 31.4 Å². The van der Waals surface area contributed by atoms with Gasteiger partial charge in [0, 0.05) is 44.6 Å². The molecule has 1 aromatic heterocycles. The largest absolute Gasteiger partial charge is 0.338 e. The van der Waals surface area contributed by atoms with E-state index in [1.54, 1.807) is 0 Å².